The summed E-state index contributed by atoms with van der Waals surface area (Å²) in [5.41, 5.74) is 0.124. The molecule has 1 amide bonds. The number of hydrogen-bond acceptors (Lipinski definition) is 5. The van der Waals surface area contributed by atoms with E-state index in [0.29, 0.717) is 24.9 Å². The van der Waals surface area contributed by atoms with Crippen molar-refractivity contribution in [2.24, 2.45) is 22.7 Å². The fourth-order valence-corrected chi connectivity index (χ4v) is 3.73. The second-order valence-electron chi connectivity index (χ2n) is 7.64. The minimum atomic E-state index is -0.207. The van der Waals surface area contributed by atoms with Crippen molar-refractivity contribution in [2.45, 2.75) is 47.1 Å². The van der Waals surface area contributed by atoms with Gasteiger partial charge in [-0.05, 0) is 24.2 Å². The molecule has 2 fully saturated rings. The van der Waals surface area contributed by atoms with Gasteiger partial charge in [-0.15, -0.1) is 0 Å². The van der Waals surface area contributed by atoms with Gasteiger partial charge < -0.3 is 14.6 Å². The molecule has 1 aromatic rings. The summed E-state index contributed by atoms with van der Waals surface area (Å²) in [5.74, 6) is 1.53. The van der Waals surface area contributed by atoms with Crippen LogP contribution in [0.3, 0.4) is 0 Å². The first-order valence-electron chi connectivity index (χ1n) is 7.94. The first kappa shape index (κ1) is 15.5. The Morgan fingerprint density at radius 2 is 2.00 bits per heavy atom. The Kier molecular flexibility index (Phi) is 3.55. The van der Waals surface area contributed by atoms with E-state index in [1.807, 2.05) is 0 Å². The lowest BCUT2D eigenvalue weighted by Crippen LogP contribution is -2.33. The zero-order chi connectivity index (χ0) is 16.1. The van der Waals surface area contributed by atoms with Crippen molar-refractivity contribution in [2.75, 3.05) is 13.2 Å². The Bertz CT molecular complexity index is 565. The van der Waals surface area contributed by atoms with Crippen LogP contribution in [0.1, 0.15) is 51.9 Å². The number of carbonyl (C=O) groups is 1. The lowest BCUT2D eigenvalue weighted by molar-refractivity contribution is -0.123. The molecule has 1 saturated heterocycles. The van der Waals surface area contributed by atoms with Gasteiger partial charge in [0.25, 0.3) is 5.89 Å². The van der Waals surface area contributed by atoms with Gasteiger partial charge in [0.05, 0.1) is 0 Å². The normalized spacial score (nSPS) is 29.5. The van der Waals surface area contributed by atoms with E-state index in [2.05, 4.69) is 43.2 Å². The molecule has 22 heavy (non-hydrogen) atoms. The van der Waals surface area contributed by atoms with E-state index in [0.717, 1.165) is 6.42 Å². The van der Waals surface area contributed by atoms with Gasteiger partial charge in [0.1, 0.15) is 6.10 Å². The number of rotatable bonds is 4. The van der Waals surface area contributed by atoms with Crippen LogP contribution in [0.15, 0.2) is 4.52 Å². The molecule has 2 heterocycles. The third-order valence-corrected chi connectivity index (χ3v) is 5.82. The molecule has 1 N–H and O–H groups in total. The lowest BCUT2D eigenvalue weighted by atomic mass is 10.0. The van der Waals surface area contributed by atoms with Gasteiger partial charge >= 0.3 is 0 Å². The molecular formula is C16H25N3O3. The van der Waals surface area contributed by atoms with Crippen LogP contribution in [0.5, 0.6) is 0 Å². The molecule has 122 valence electrons. The van der Waals surface area contributed by atoms with Crippen molar-refractivity contribution in [3.05, 3.63) is 11.7 Å². The number of nitrogens with one attached hydrogen (secondary N) is 1. The van der Waals surface area contributed by atoms with Crippen molar-refractivity contribution in [1.29, 1.82) is 0 Å². The van der Waals surface area contributed by atoms with Crippen molar-refractivity contribution in [1.82, 2.24) is 15.5 Å². The Balaban J connectivity index is 1.58. The first-order valence-corrected chi connectivity index (χ1v) is 7.94. The Hall–Kier alpha value is -1.43. The number of amides is 1. The summed E-state index contributed by atoms with van der Waals surface area (Å²) in [6, 6.07) is 0. The monoisotopic (exact) mass is 307 g/mol. The maximum Gasteiger partial charge on any atom is 0.256 e. The van der Waals surface area contributed by atoms with Gasteiger partial charge in [0.2, 0.25) is 5.91 Å². The van der Waals surface area contributed by atoms with Crippen molar-refractivity contribution < 1.29 is 14.1 Å². The molecule has 1 aliphatic carbocycles. The molecule has 0 unspecified atom stereocenters. The summed E-state index contributed by atoms with van der Waals surface area (Å²) in [4.78, 5) is 16.7. The molecule has 3 rings (SSSR count). The van der Waals surface area contributed by atoms with Gasteiger partial charge in [-0.2, -0.15) is 4.98 Å². The third-order valence-electron chi connectivity index (χ3n) is 5.82. The number of nitrogens with zero attached hydrogens (tertiary/aromatic N) is 2. The van der Waals surface area contributed by atoms with Crippen LogP contribution in [0, 0.1) is 29.6 Å². The molecule has 1 aromatic heterocycles. The number of carbonyl (C=O) groups excluding carboxylic acids is 1. The quantitative estimate of drug-likeness (QED) is 0.923. The van der Waals surface area contributed by atoms with Crippen LogP contribution >= 0.6 is 0 Å². The van der Waals surface area contributed by atoms with Gasteiger partial charge in [-0.25, -0.2) is 0 Å². The lowest BCUT2D eigenvalue weighted by Gasteiger charge is -2.16. The molecule has 2 aliphatic rings. The SMILES string of the molecule is Cc1noc([C@H]2OCC[C@H]2CNC(=O)C2C(C)(C)C2(C)C)n1. The number of hydrogen-bond donors (Lipinski definition) is 1. The average Bonchev–Trinajstić information content (AvgIpc) is 2.90. The van der Waals surface area contributed by atoms with Gasteiger partial charge in [-0.1, -0.05) is 32.9 Å². The van der Waals surface area contributed by atoms with Crippen LogP contribution in [0.2, 0.25) is 0 Å². The minimum absolute atomic E-state index is 0.0618. The molecular weight excluding hydrogens is 282 g/mol. The summed E-state index contributed by atoms with van der Waals surface area (Å²) in [6.07, 6.45) is 0.686. The predicted molar refractivity (Wildman–Crippen MR) is 79.9 cm³/mol. The van der Waals surface area contributed by atoms with Crippen LogP contribution < -0.4 is 5.32 Å². The molecule has 2 atom stereocenters. The van der Waals surface area contributed by atoms with E-state index in [-0.39, 0.29) is 34.7 Å². The Morgan fingerprint density at radius 3 is 2.55 bits per heavy atom. The molecule has 6 nitrogen and oxygen atoms in total. The van der Waals surface area contributed by atoms with E-state index in [1.54, 1.807) is 6.92 Å². The second kappa shape index (κ2) is 5.05. The Labute approximate surface area is 131 Å². The second-order valence-corrected chi connectivity index (χ2v) is 7.64. The highest BCUT2D eigenvalue weighted by atomic mass is 16.5. The van der Waals surface area contributed by atoms with Crippen LogP contribution in [0.25, 0.3) is 0 Å². The predicted octanol–water partition coefficient (Wildman–Crippen LogP) is 2.25. The summed E-state index contributed by atoms with van der Waals surface area (Å²) >= 11 is 0. The van der Waals surface area contributed by atoms with E-state index in [1.165, 1.54) is 0 Å². The zero-order valence-corrected chi connectivity index (χ0v) is 14.0. The van der Waals surface area contributed by atoms with Crippen molar-refractivity contribution >= 4 is 5.91 Å². The van der Waals surface area contributed by atoms with Crippen molar-refractivity contribution in [3.8, 4) is 0 Å². The molecule has 0 radical (unpaired) electrons. The molecule has 1 aliphatic heterocycles. The molecule has 0 bridgehead atoms. The topological polar surface area (TPSA) is 77.3 Å². The fourth-order valence-electron chi connectivity index (χ4n) is 3.73. The van der Waals surface area contributed by atoms with Gasteiger partial charge in [0.15, 0.2) is 5.82 Å². The van der Waals surface area contributed by atoms with E-state index >= 15 is 0 Å². The summed E-state index contributed by atoms with van der Waals surface area (Å²) in [7, 11) is 0. The average molecular weight is 307 g/mol. The third kappa shape index (κ3) is 2.33. The number of ether oxygens (including phenoxy) is 1. The van der Waals surface area contributed by atoms with Gasteiger partial charge in [0, 0.05) is 25.0 Å². The minimum Gasteiger partial charge on any atom is -0.368 e. The summed E-state index contributed by atoms with van der Waals surface area (Å²) in [6.45, 7) is 11.6. The largest absolute Gasteiger partial charge is 0.368 e. The van der Waals surface area contributed by atoms with Crippen LogP contribution in [-0.2, 0) is 9.53 Å². The van der Waals surface area contributed by atoms with E-state index in [4.69, 9.17) is 9.26 Å². The molecule has 0 spiro atoms. The fraction of sp³-hybridized carbons (Fsp3) is 0.812. The molecule has 1 saturated carbocycles. The summed E-state index contributed by atoms with van der Waals surface area (Å²) < 4.78 is 10.9. The van der Waals surface area contributed by atoms with Crippen molar-refractivity contribution in [3.63, 3.8) is 0 Å². The smallest absolute Gasteiger partial charge is 0.256 e. The van der Waals surface area contributed by atoms with Gasteiger partial charge in [-0.3, -0.25) is 4.79 Å². The summed E-state index contributed by atoms with van der Waals surface area (Å²) in [5, 5.41) is 6.91. The number of aryl methyl sites for hydroxylation is 1. The van der Waals surface area contributed by atoms with Crippen LogP contribution in [0.4, 0.5) is 0 Å². The zero-order valence-electron chi connectivity index (χ0n) is 14.0. The maximum absolute atomic E-state index is 12.4. The van der Waals surface area contributed by atoms with E-state index < -0.39 is 0 Å². The highest BCUT2D eigenvalue weighted by Gasteiger charge is 2.68. The van der Waals surface area contributed by atoms with E-state index in [9.17, 15) is 4.79 Å². The van der Waals surface area contributed by atoms with Crippen LogP contribution in [-0.4, -0.2) is 29.2 Å². The molecule has 0 aromatic carbocycles. The number of aromatic nitrogens is 2. The maximum atomic E-state index is 12.4. The first-order chi connectivity index (χ1) is 10.2. The highest BCUT2D eigenvalue weighted by molar-refractivity contribution is 5.84. The highest BCUT2D eigenvalue weighted by Crippen LogP contribution is 2.68. The standard InChI is InChI=1S/C16H25N3O3/c1-9-18-14(22-19-9)11-10(6-7-21-11)8-17-13(20)12-15(2,3)16(12,4)5/h10-12H,6-8H2,1-5H3,(H,17,20)/t10-,11-/m0/s1. The molecule has 6 heteroatoms. The Morgan fingerprint density at radius 1 is 1.32 bits per heavy atom.